The zero-order chi connectivity index (χ0) is 17.6. The number of rotatable bonds is 3. The molecule has 3 aliphatic rings. The summed E-state index contributed by atoms with van der Waals surface area (Å²) in [5.41, 5.74) is 1.56. The Labute approximate surface area is 191 Å². The van der Waals surface area contributed by atoms with Crippen LogP contribution in [0.4, 0.5) is 0 Å². The molecule has 3 aliphatic carbocycles. The number of benzene rings is 1. The fourth-order valence-electron chi connectivity index (χ4n) is 6.01. The minimum atomic E-state index is -0.826. The van der Waals surface area contributed by atoms with E-state index in [4.69, 9.17) is 28.6 Å². The van der Waals surface area contributed by atoms with Gasteiger partial charge in [0.05, 0.1) is 0 Å². The summed E-state index contributed by atoms with van der Waals surface area (Å²) >= 11 is 5.25. The molecule has 0 radical (unpaired) electrons. The van der Waals surface area contributed by atoms with Gasteiger partial charge >= 0.3 is 37.9 Å². The summed E-state index contributed by atoms with van der Waals surface area (Å²) in [5, 5.41) is 0.877. The van der Waals surface area contributed by atoms with Gasteiger partial charge in [-0.1, -0.05) is 55.8 Å². The number of halogens is 3. The van der Waals surface area contributed by atoms with Crippen LogP contribution in [0, 0.1) is 38.5 Å². The van der Waals surface area contributed by atoms with Gasteiger partial charge in [0.2, 0.25) is 0 Å². The Morgan fingerprint density at radius 1 is 0.778 bits per heavy atom. The minimum absolute atomic E-state index is 0. The topological polar surface area (TPSA) is 0 Å². The Balaban J connectivity index is 0.000000686. The molecule has 0 heterocycles. The first-order valence-electron chi connectivity index (χ1n) is 9.94. The maximum absolute atomic E-state index is 6.08. The van der Waals surface area contributed by atoms with E-state index in [0.29, 0.717) is 0 Å². The zero-order valence-corrected chi connectivity index (χ0v) is 21.6. The quantitative estimate of drug-likeness (QED) is 0.357. The number of hydrogen-bond acceptors (Lipinski definition) is 0. The fourth-order valence-corrected chi connectivity index (χ4v) is 6.14. The molecule has 1 aromatic rings. The average molecular weight is 509 g/mol. The second kappa shape index (κ2) is 13.3. The molecule has 152 valence electrons. The number of hydrogen-bond donors (Lipinski definition) is 0. The first kappa shape index (κ1) is 26.0. The molecule has 0 N–H and O–H groups in total. The van der Waals surface area contributed by atoms with E-state index in [1.807, 2.05) is 0 Å². The van der Waals surface area contributed by atoms with Gasteiger partial charge in [0.25, 0.3) is 0 Å². The molecule has 3 saturated carbocycles. The first-order valence-corrected chi connectivity index (χ1v) is 16.7. The molecule has 0 aromatic heterocycles. The summed E-state index contributed by atoms with van der Waals surface area (Å²) < 4.78 is 0. The van der Waals surface area contributed by atoms with Crippen molar-refractivity contribution in [2.45, 2.75) is 70.1 Å². The molecule has 0 amide bonds. The second-order valence-electron chi connectivity index (χ2n) is 8.21. The molecule has 4 heteroatoms. The van der Waals surface area contributed by atoms with Crippen LogP contribution in [0.1, 0.15) is 75.7 Å². The molecule has 0 aliphatic heterocycles. The van der Waals surface area contributed by atoms with Gasteiger partial charge in [0.1, 0.15) is 0 Å². The summed E-state index contributed by atoms with van der Waals surface area (Å²) in [6.07, 6.45) is 14.9. The predicted octanol–water partition coefficient (Wildman–Crippen LogP) is 9.11. The average Bonchev–Trinajstić information content (AvgIpc) is 3.27. The summed E-state index contributed by atoms with van der Waals surface area (Å²) in [5.74, 6) is 4.91. The van der Waals surface area contributed by atoms with E-state index < -0.39 is 20.8 Å². The standard InChI is InChI=1S/C21H29Cl.2CH3.2ClH.Zr/c22-18-11-8-16(9-12-18)19-6-3-7-20-17(10-13-21(19)20)14-15-4-1-2-5-15;;;;;/h8-9,11-12,15,17,19-21H,1-7,10,13-14H2;2*1H3;2*1H;/q;2*-1;;;+4/p-2. The third kappa shape index (κ3) is 7.01. The van der Waals surface area contributed by atoms with E-state index in [1.54, 1.807) is 12.0 Å². The van der Waals surface area contributed by atoms with Crippen molar-refractivity contribution in [3.63, 3.8) is 0 Å². The van der Waals surface area contributed by atoms with Crippen molar-refractivity contribution < 1.29 is 20.8 Å². The molecule has 0 saturated heterocycles. The molecule has 0 bridgehead atoms. The summed E-state index contributed by atoms with van der Waals surface area (Å²) in [4.78, 5) is 0. The van der Waals surface area contributed by atoms with E-state index in [9.17, 15) is 0 Å². The van der Waals surface area contributed by atoms with Gasteiger partial charge in [-0.25, -0.2) is 0 Å². The van der Waals surface area contributed by atoms with Crippen molar-refractivity contribution in [3.05, 3.63) is 49.7 Å². The molecule has 4 rings (SSSR count). The molecule has 4 unspecified atom stereocenters. The van der Waals surface area contributed by atoms with Crippen LogP contribution in [0.25, 0.3) is 0 Å². The predicted molar refractivity (Wildman–Crippen MR) is 119 cm³/mol. The van der Waals surface area contributed by atoms with Gasteiger partial charge in [-0.15, -0.1) is 0 Å². The fraction of sp³-hybridized carbons (Fsp3) is 0.652. The normalized spacial score (nSPS) is 29.4. The van der Waals surface area contributed by atoms with Gasteiger partial charge in [-0.2, -0.15) is 0 Å². The van der Waals surface area contributed by atoms with E-state index in [-0.39, 0.29) is 14.9 Å². The molecule has 0 nitrogen and oxygen atoms in total. The first-order chi connectivity index (χ1) is 12.2. The van der Waals surface area contributed by atoms with Gasteiger partial charge in [0, 0.05) is 5.02 Å². The van der Waals surface area contributed by atoms with Gasteiger partial charge in [0.15, 0.2) is 0 Å². The third-order valence-corrected chi connectivity index (χ3v) is 7.26. The van der Waals surface area contributed by atoms with Crippen molar-refractivity contribution in [2.24, 2.45) is 23.7 Å². The van der Waals surface area contributed by atoms with Crippen molar-refractivity contribution in [1.82, 2.24) is 0 Å². The van der Waals surface area contributed by atoms with Gasteiger partial charge < -0.3 is 14.9 Å². The molecular weight excluding hydrogens is 474 g/mol. The van der Waals surface area contributed by atoms with Crippen molar-refractivity contribution in [3.8, 4) is 0 Å². The van der Waals surface area contributed by atoms with Crippen LogP contribution < -0.4 is 0 Å². The Morgan fingerprint density at radius 2 is 1.41 bits per heavy atom. The van der Waals surface area contributed by atoms with Crippen molar-refractivity contribution >= 4 is 28.6 Å². The van der Waals surface area contributed by atoms with E-state index in [1.165, 1.54) is 57.8 Å². The van der Waals surface area contributed by atoms with E-state index >= 15 is 0 Å². The molecule has 3 fully saturated rings. The Bertz CT molecular complexity index is 513. The second-order valence-corrected chi connectivity index (χ2v) is 12.4. The molecule has 1 aromatic carbocycles. The van der Waals surface area contributed by atoms with Crippen molar-refractivity contribution in [2.75, 3.05) is 0 Å². The monoisotopic (exact) mass is 506 g/mol. The Morgan fingerprint density at radius 3 is 2.04 bits per heavy atom. The van der Waals surface area contributed by atoms with Crippen LogP contribution in [-0.4, -0.2) is 0 Å². The maximum atomic E-state index is 6.08. The van der Waals surface area contributed by atoms with Crippen LogP contribution >= 0.6 is 28.6 Å². The summed E-state index contributed by atoms with van der Waals surface area (Å²) in [6.45, 7) is 0. The van der Waals surface area contributed by atoms with Crippen LogP contribution in [0.3, 0.4) is 0 Å². The molecule has 0 spiro atoms. The molecular formula is C23H35Cl3Zr. The SMILES string of the molecule is Clc1ccc(C2CCCC3C(CC4CCCC4)CCC23)cc1.[CH3-].[CH3-].[Cl][Zr+2][Cl]. The Kier molecular flexibility index (Phi) is 12.8. The van der Waals surface area contributed by atoms with Gasteiger partial charge in [-0.05, 0) is 79.4 Å². The molecule has 4 atom stereocenters. The Hall–Kier alpha value is 0.973. The van der Waals surface area contributed by atoms with Crippen LogP contribution in [0.5, 0.6) is 0 Å². The van der Waals surface area contributed by atoms with E-state index in [0.717, 1.165) is 34.6 Å². The summed E-state index contributed by atoms with van der Waals surface area (Å²) in [6, 6.07) is 8.76. The van der Waals surface area contributed by atoms with Crippen LogP contribution in [-0.2, 0) is 20.8 Å². The van der Waals surface area contributed by atoms with E-state index in [2.05, 4.69) is 24.3 Å². The summed E-state index contributed by atoms with van der Waals surface area (Å²) in [7, 11) is 9.87. The number of fused-ring (bicyclic) bond motifs is 1. The van der Waals surface area contributed by atoms with Crippen molar-refractivity contribution in [1.29, 1.82) is 0 Å². The zero-order valence-electron chi connectivity index (χ0n) is 16.9. The third-order valence-electron chi connectivity index (χ3n) is 7.00. The van der Waals surface area contributed by atoms with Crippen LogP contribution in [0.2, 0.25) is 5.02 Å². The van der Waals surface area contributed by atoms with Crippen LogP contribution in [0.15, 0.2) is 24.3 Å². The van der Waals surface area contributed by atoms with Gasteiger partial charge in [-0.3, -0.25) is 0 Å². The molecule has 27 heavy (non-hydrogen) atoms.